The van der Waals surface area contributed by atoms with Gasteiger partial charge in [0.05, 0.1) is 25.2 Å². The number of aliphatic hydroxyl groups excluding tert-OH is 1. The Bertz CT molecular complexity index is 210. The first-order valence-corrected chi connectivity index (χ1v) is 3.47. The minimum atomic E-state index is -0.0000177. The summed E-state index contributed by atoms with van der Waals surface area (Å²) >= 11 is 0. The van der Waals surface area contributed by atoms with Gasteiger partial charge in [0, 0.05) is 19.9 Å². The third-order valence-electron chi connectivity index (χ3n) is 1.40. The Hall–Kier alpha value is -0.870. The SMILES string of the molecule is COCCn1cnc(CO)c1. The fraction of sp³-hybridized carbons (Fsp3) is 0.571. The van der Waals surface area contributed by atoms with Crippen molar-refractivity contribution in [1.82, 2.24) is 9.55 Å². The molecule has 0 bridgehead atoms. The molecule has 4 heteroatoms. The molecule has 1 rings (SSSR count). The second-order valence-corrected chi connectivity index (χ2v) is 2.25. The number of aliphatic hydroxyl groups is 1. The first-order valence-electron chi connectivity index (χ1n) is 3.47. The first-order chi connectivity index (χ1) is 5.36. The van der Waals surface area contributed by atoms with E-state index < -0.39 is 0 Å². The molecule has 11 heavy (non-hydrogen) atoms. The quantitative estimate of drug-likeness (QED) is 0.668. The maximum atomic E-state index is 8.67. The zero-order valence-corrected chi connectivity index (χ0v) is 6.53. The van der Waals surface area contributed by atoms with E-state index in [1.54, 1.807) is 19.6 Å². The van der Waals surface area contributed by atoms with Gasteiger partial charge in [-0.1, -0.05) is 0 Å². The molecule has 1 aromatic heterocycles. The standard InChI is InChI=1S/C7H12N2O2/c1-11-3-2-9-4-7(5-10)8-6-9/h4,6,10H,2-3,5H2,1H3. The molecule has 0 aromatic carbocycles. The molecule has 0 saturated carbocycles. The van der Waals surface area contributed by atoms with Crippen LogP contribution in [0.2, 0.25) is 0 Å². The average Bonchev–Trinajstić information content (AvgIpc) is 2.48. The summed E-state index contributed by atoms with van der Waals surface area (Å²) < 4.78 is 6.76. The van der Waals surface area contributed by atoms with Crippen molar-refractivity contribution in [3.8, 4) is 0 Å². The van der Waals surface area contributed by atoms with E-state index in [-0.39, 0.29) is 6.61 Å². The van der Waals surface area contributed by atoms with Crippen LogP contribution in [0.3, 0.4) is 0 Å². The van der Waals surface area contributed by atoms with E-state index in [1.807, 2.05) is 4.57 Å². The Morgan fingerprint density at radius 3 is 3.09 bits per heavy atom. The fourth-order valence-corrected chi connectivity index (χ4v) is 0.807. The molecule has 0 fully saturated rings. The second-order valence-electron chi connectivity index (χ2n) is 2.25. The van der Waals surface area contributed by atoms with Gasteiger partial charge in [0.15, 0.2) is 0 Å². The number of methoxy groups -OCH3 is 1. The molecule has 1 heterocycles. The van der Waals surface area contributed by atoms with E-state index in [2.05, 4.69) is 4.98 Å². The number of hydrogen-bond acceptors (Lipinski definition) is 3. The van der Waals surface area contributed by atoms with Gasteiger partial charge in [-0.15, -0.1) is 0 Å². The van der Waals surface area contributed by atoms with Gasteiger partial charge < -0.3 is 14.4 Å². The Morgan fingerprint density at radius 1 is 1.73 bits per heavy atom. The van der Waals surface area contributed by atoms with E-state index in [0.29, 0.717) is 12.3 Å². The van der Waals surface area contributed by atoms with Gasteiger partial charge in [0.2, 0.25) is 0 Å². The predicted molar refractivity (Wildman–Crippen MR) is 40.0 cm³/mol. The molecule has 0 aliphatic heterocycles. The van der Waals surface area contributed by atoms with Crippen LogP contribution in [0.1, 0.15) is 5.69 Å². The monoisotopic (exact) mass is 156 g/mol. The molecular formula is C7H12N2O2. The number of aromatic nitrogens is 2. The van der Waals surface area contributed by atoms with Crippen LogP contribution in [0, 0.1) is 0 Å². The zero-order chi connectivity index (χ0) is 8.10. The Balaban J connectivity index is 2.44. The second kappa shape index (κ2) is 4.10. The van der Waals surface area contributed by atoms with Gasteiger partial charge in [0.1, 0.15) is 0 Å². The smallest absolute Gasteiger partial charge is 0.0951 e. The summed E-state index contributed by atoms with van der Waals surface area (Å²) in [5.41, 5.74) is 0.695. The Kier molecular flexibility index (Phi) is 3.07. The van der Waals surface area contributed by atoms with Crippen LogP contribution in [-0.2, 0) is 17.9 Å². The summed E-state index contributed by atoms with van der Waals surface area (Å²) in [5.74, 6) is 0. The predicted octanol–water partition coefficient (Wildman–Crippen LogP) is 0.0218. The third-order valence-corrected chi connectivity index (χ3v) is 1.40. The van der Waals surface area contributed by atoms with Crippen molar-refractivity contribution < 1.29 is 9.84 Å². The lowest BCUT2D eigenvalue weighted by molar-refractivity contribution is 0.187. The van der Waals surface area contributed by atoms with E-state index in [9.17, 15) is 0 Å². The Morgan fingerprint density at radius 2 is 2.55 bits per heavy atom. The summed E-state index contributed by atoms with van der Waals surface area (Å²) in [5, 5.41) is 8.67. The zero-order valence-electron chi connectivity index (χ0n) is 6.53. The lowest BCUT2D eigenvalue weighted by Crippen LogP contribution is -2.01. The number of hydrogen-bond donors (Lipinski definition) is 1. The van der Waals surface area contributed by atoms with E-state index in [1.165, 1.54) is 0 Å². The number of nitrogens with zero attached hydrogens (tertiary/aromatic N) is 2. The van der Waals surface area contributed by atoms with Gasteiger partial charge in [-0.05, 0) is 0 Å². The third kappa shape index (κ3) is 2.32. The van der Waals surface area contributed by atoms with Crippen LogP contribution < -0.4 is 0 Å². The molecule has 4 nitrogen and oxygen atoms in total. The van der Waals surface area contributed by atoms with Crippen molar-refractivity contribution in [3.63, 3.8) is 0 Å². The van der Waals surface area contributed by atoms with Crippen LogP contribution in [-0.4, -0.2) is 28.4 Å². The van der Waals surface area contributed by atoms with E-state index in [0.717, 1.165) is 6.54 Å². The van der Waals surface area contributed by atoms with Crippen molar-refractivity contribution in [1.29, 1.82) is 0 Å². The number of imidazole rings is 1. The summed E-state index contributed by atoms with van der Waals surface area (Å²) in [7, 11) is 1.66. The summed E-state index contributed by atoms with van der Waals surface area (Å²) in [6.45, 7) is 1.45. The summed E-state index contributed by atoms with van der Waals surface area (Å²) in [4.78, 5) is 3.94. The van der Waals surface area contributed by atoms with Crippen molar-refractivity contribution in [2.24, 2.45) is 0 Å². The minimum Gasteiger partial charge on any atom is -0.390 e. The lowest BCUT2D eigenvalue weighted by Gasteiger charge is -1.98. The van der Waals surface area contributed by atoms with Crippen molar-refractivity contribution >= 4 is 0 Å². The van der Waals surface area contributed by atoms with Gasteiger partial charge in [-0.25, -0.2) is 4.98 Å². The van der Waals surface area contributed by atoms with Crippen molar-refractivity contribution in [2.45, 2.75) is 13.2 Å². The molecule has 0 aliphatic carbocycles. The highest BCUT2D eigenvalue weighted by Crippen LogP contribution is 1.94. The molecule has 62 valence electrons. The molecule has 0 amide bonds. The first kappa shape index (κ1) is 8.23. The topological polar surface area (TPSA) is 47.3 Å². The van der Waals surface area contributed by atoms with Crippen molar-refractivity contribution in [2.75, 3.05) is 13.7 Å². The normalized spacial score (nSPS) is 10.4. The van der Waals surface area contributed by atoms with Crippen LogP contribution in [0.4, 0.5) is 0 Å². The molecule has 0 radical (unpaired) electrons. The highest BCUT2D eigenvalue weighted by molar-refractivity contribution is 4.93. The lowest BCUT2D eigenvalue weighted by atomic mass is 10.5. The van der Waals surface area contributed by atoms with Gasteiger partial charge in [-0.3, -0.25) is 0 Å². The number of rotatable bonds is 4. The highest BCUT2D eigenvalue weighted by atomic mass is 16.5. The van der Waals surface area contributed by atoms with Crippen LogP contribution in [0.15, 0.2) is 12.5 Å². The van der Waals surface area contributed by atoms with Gasteiger partial charge in [0.25, 0.3) is 0 Å². The maximum Gasteiger partial charge on any atom is 0.0951 e. The Labute approximate surface area is 65.4 Å². The van der Waals surface area contributed by atoms with Crippen LogP contribution in [0.5, 0.6) is 0 Å². The van der Waals surface area contributed by atoms with Crippen LogP contribution in [0.25, 0.3) is 0 Å². The van der Waals surface area contributed by atoms with E-state index in [4.69, 9.17) is 9.84 Å². The van der Waals surface area contributed by atoms with Gasteiger partial charge in [-0.2, -0.15) is 0 Å². The minimum absolute atomic E-state index is 0.0000177. The molecule has 0 spiro atoms. The maximum absolute atomic E-state index is 8.67. The van der Waals surface area contributed by atoms with E-state index >= 15 is 0 Å². The largest absolute Gasteiger partial charge is 0.390 e. The fourth-order valence-electron chi connectivity index (χ4n) is 0.807. The molecule has 0 atom stereocenters. The highest BCUT2D eigenvalue weighted by Gasteiger charge is 1.94. The molecule has 1 aromatic rings. The van der Waals surface area contributed by atoms with Gasteiger partial charge >= 0.3 is 0 Å². The molecule has 0 unspecified atom stereocenters. The molecule has 0 saturated heterocycles. The number of ether oxygens (including phenoxy) is 1. The van der Waals surface area contributed by atoms with Crippen LogP contribution >= 0.6 is 0 Å². The molecule has 0 aliphatic rings. The molecular weight excluding hydrogens is 144 g/mol. The summed E-state index contributed by atoms with van der Waals surface area (Å²) in [6.07, 6.45) is 3.49. The van der Waals surface area contributed by atoms with Crippen molar-refractivity contribution in [3.05, 3.63) is 18.2 Å². The molecule has 1 N–H and O–H groups in total. The summed E-state index contributed by atoms with van der Waals surface area (Å²) in [6, 6.07) is 0. The average molecular weight is 156 g/mol.